The lowest BCUT2D eigenvalue weighted by atomic mass is 10.0. The third-order valence-electron chi connectivity index (χ3n) is 4.10. The van der Waals surface area contributed by atoms with Crippen molar-refractivity contribution in [3.63, 3.8) is 0 Å². The highest BCUT2D eigenvalue weighted by atomic mass is 32.2. The Kier molecular flexibility index (Phi) is 7.98. The van der Waals surface area contributed by atoms with Gasteiger partial charge in [-0.25, -0.2) is 4.79 Å². The molecule has 2 heterocycles. The van der Waals surface area contributed by atoms with Crippen LogP contribution in [-0.4, -0.2) is 66.5 Å². The smallest absolute Gasteiger partial charge is 0.315 e. The van der Waals surface area contributed by atoms with Crippen LogP contribution in [0.5, 0.6) is 0 Å². The Bertz CT molecular complexity index is 397. The van der Waals surface area contributed by atoms with Gasteiger partial charge in [0.2, 0.25) is 5.91 Å². The number of rotatable bonds is 11. The lowest BCUT2D eigenvalue weighted by Gasteiger charge is -2.16. The van der Waals surface area contributed by atoms with Crippen molar-refractivity contribution in [3.8, 4) is 0 Å². The zero-order valence-electron chi connectivity index (χ0n) is 13.4. The number of unbranched alkanes of at least 4 members (excludes halogenated alkanes) is 1. The number of fused-ring (bicyclic) bond motifs is 1. The van der Waals surface area contributed by atoms with Crippen molar-refractivity contribution in [1.82, 2.24) is 16.0 Å². The molecule has 0 spiro atoms. The number of nitrogens with one attached hydrogen (secondary N) is 3. The van der Waals surface area contributed by atoms with Crippen LogP contribution < -0.4 is 16.0 Å². The molecule has 2 aliphatic heterocycles. The number of aliphatic hydroxyl groups is 1. The molecule has 0 saturated carbocycles. The fraction of sp³-hybridized carbons (Fsp3) is 0.867. The fourth-order valence-electron chi connectivity index (χ4n) is 2.93. The average molecular weight is 345 g/mol. The summed E-state index contributed by atoms with van der Waals surface area (Å²) in [7, 11) is 0. The number of urea groups is 1. The fourth-order valence-corrected chi connectivity index (χ4v) is 4.47. The predicted molar refractivity (Wildman–Crippen MR) is 89.5 cm³/mol. The number of carbonyl (C=O) groups excluding carboxylic acids is 2. The minimum absolute atomic E-state index is 0.0347. The van der Waals surface area contributed by atoms with E-state index in [1.807, 2.05) is 11.8 Å². The second kappa shape index (κ2) is 10.00. The van der Waals surface area contributed by atoms with Gasteiger partial charge in [0.25, 0.3) is 0 Å². The van der Waals surface area contributed by atoms with Gasteiger partial charge in [0.1, 0.15) is 0 Å². The Hall–Kier alpha value is -0.990. The van der Waals surface area contributed by atoms with E-state index in [1.165, 1.54) is 0 Å². The minimum Gasteiger partial charge on any atom is -0.394 e. The van der Waals surface area contributed by atoms with Crippen LogP contribution in [0, 0.1) is 0 Å². The number of aliphatic hydroxyl groups excluding tert-OH is 1. The molecule has 2 saturated heterocycles. The lowest BCUT2D eigenvalue weighted by Crippen LogP contribution is -2.36. The van der Waals surface area contributed by atoms with E-state index in [0.717, 1.165) is 31.4 Å². The second-order valence-corrected chi connectivity index (χ2v) is 7.18. The standard InChI is InChI=1S/C15H27N3O4S/c19-7-9-22-8-3-6-16-13(20)5-2-1-4-12-14-11(10-23-12)17-15(21)18-14/h11-12,14,19H,1-10H2,(H,16,20)(H2,17,18,21). The summed E-state index contributed by atoms with van der Waals surface area (Å²) >= 11 is 1.91. The molecule has 8 heteroatoms. The number of hydrogen-bond acceptors (Lipinski definition) is 5. The average Bonchev–Trinajstić information content (AvgIpc) is 3.07. The van der Waals surface area contributed by atoms with Crippen LogP contribution >= 0.6 is 11.8 Å². The molecule has 0 radical (unpaired) electrons. The van der Waals surface area contributed by atoms with Crippen LogP contribution in [0.1, 0.15) is 32.1 Å². The molecular formula is C15H27N3O4S. The minimum atomic E-state index is -0.0485. The molecule has 3 unspecified atom stereocenters. The first kappa shape index (κ1) is 18.4. The van der Waals surface area contributed by atoms with Gasteiger partial charge in [-0.05, 0) is 19.3 Å². The van der Waals surface area contributed by atoms with E-state index in [9.17, 15) is 9.59 Å². The van der Waals surface area contributed by atoms with E-state index in [0.29, 0.717) is 31.4 Å². The monoisotopic (exact) mass is 345 g/mol. The Morgan fingerprint density at radius 1 is 1.30 bits per heavy atom. The third kappa shape index (κ3) is 6.19. The summed E-state index contributed by atoms with van der Waals surface area (Å²) in [6.07, 6.45) is 4.23. The first-order chi connectivity index (χ1) is 11.2. The van der Waals surface area contributed by atoms with Crippen molar-refractivity contribution < 1.29 is 19.4 Å². The van der Waals surface area contributed by atoms with Gasteiger partial charge in [0.05, 0.1) is 25.3 Å². The molecule has 2 rings (SSSR count). The second-order valence-electron chi connectivity index (χ2n) is 5.91. The van der Waals surface area contributed by atoms with Gasteiger partial charge >= 0.3 is 6.03 Å². The largest absolute Gasteiger partial charge is 0.394 e. The molecule has 7 nitrogen and oxygen atoms in total. The molecular weight excluding hydrogens is 318 g/mol. The number of thioether (sulfide) groups is 1. The van der Waals surface area contributed by atoms with Crippen molar-refractivity contribution in [1.29, 1.82) is 0 Å². The maximum absolute atomic E-state index is 11.7. The molecule has 3 atom stereocenters. The van der Waals surface area contributed by atoms with E-state index < -0.39 is 0 Å². The van der Waals surface area contributed by atoms with Gasteiger partial charge in [-0.2, -0.15) is 11.8 Å². The van der Waals surface area contributed by atoms with Crippen LogP contribution in [0.4, 0.5) is 4.79 Å². The molecule has 2 aliphatic rings. The van der Waals surface area contributed by atoms with E-state index in [2.05, 4.69) is 16.0 Å². The zero-order valence-corrected chi connectivity index (χ0v) is 14.2. The molecule has 0 aromatic heterocycles. The summed E-state index contributed by atoms with van der Waals surface area (Å²) in [5, 5.41) is 17.8. The Labute approximate surface area is 141 Å². The molecule has 3 amide bonds. The molecule has 23 heavy (non-hydrogen) atoms. The van der Waals surface area contributed by atoms with Crippen molar-refractivity contribution in [3.05, 3.63) is 0 Å². The molecule has 0 aliphatic carbocycles. The van der Waals surface area contributed by atoms with Gasteiger partial charge in [0.15, 0.2) is 0 Å². The van der Waals surface area contributed by atoms with Crippen LogP contribution in [0.25, 0.3) is 0 Å². The van der Waals surface area contributed by atoms with E-state index >= 15 is 0 Å². The topological polar surface area (TPSA) is 99.7 Å². The normalized spacial score (nSPS) is 25.8. The van der Waals surface area contributed by atoms with Crippen molar-refractivity contribution in [2.45, 2.75) is 49.4 Å². The molecule has 132 valence electrons. The van der Waals surface area contributed by atoms with E-state index in [4.69, 9.17) is 9.84 Å². The van der Waals surface area contributed by atoms with E-state index in [1.54, 1.807) is 0 Å². The van der Waals surface area contributed by atoms with Gasteiger partial charge < -0.3 is 25.8 Å². The quantitative estimate of drug-likeness (QED) is 0.317. The highest BCUT2D eigenvalue weighted by Crippen LogP contribution is 2.33. The molecule has 4 N–H and O–H groups in total. The van der Waals surface area contributed by atoms with Crippen LogP contribution in [-0.2, 0) is 9.53 Å². The summed E-state index contributed by atoms with van der Waals surface area (Å²) in [5.41, 5.74) is 0. The van der Waals surface area contributed by atoms with Crippen LogP contribution in [0.2, 0.25) is 0 Å². The first-order valence-electron chi connectivity index (χ1n) is 8.34. The summed E-state index contributed by atoms with van der Waals surface area (Å²) in [6.45, 7) is 1.56. The van der Waals surface area contributed by atoms with Crippen LogP contribution in [0.3, 0.4) is 0 Å². The van der Waals surface area contributed by atoms with Gasteiger partial charge in [-0.15, -0.1) is 0 Å². The summed E-state index contributed by atoms with van der Waals surface area (Å²) in [5.74, 6) is 1.06. The Morgan fingerprint density at radius 3 is 3.00 bits per heavy atom. The number of carbonyl (C=O) groups is 2. The maximum Gasteiger partial charge on any atom is 0.315 e. The SMILES string of the molecule is O=C(CCCCC1SCC2NC(=O)NC21)NCCCOCCO. The molecule has 0 aromatic carbocycles. The number of ether oxygens (including phenoxy) is 1. The van der Waals surface area contributed by atoms with Gasteiger partial charge in [0, 0.05) is 30.6 Å². The summed E-state index contributed by atoms with van der Waals surface area (Å²) in [6, 6.07) is 0.474. The van der Waals surface area contributed by atoms with E-state index in [-0.39, 0.29) is 30.6 Å². The maximum atomic E-state index is 11.7. The lowest BCUT2D eigenvalue weighted by molar-refractivity contribution is -0.121. The van der Waals surface area contributed by atoms with Crippen molar-refractivity contribution in [2.24, 2.45) is 0 Å². The van der Waals surface area contributed by atoms with Gasteiger partial charge in [-0.1, -0.05) is 6.42 Å². The summed E-state index contributed by atoms with van der Waals surface area (Å²) in [4.78, 5) is 23.0. The zero-order chi connectivity index (χ0) is 16.5. The first-order valence-corrected chi connectivity index (χ1v) is 9.39. The molecule has 0 bridgehead atoms. The Balaban J connectivity index is 1.46. The predicted octanol–water partition coefficient (Wildman–Crippen LogP) is 0.227. The Morgan fingerprint density at radius 2 is 2.17 bits per heavy atom. The van der Waals surface area contributed by atoms with Crippen molar-refractivity contribution in [2.75, 3.05) is 32.1 Å². The molecule has 2 fully saturated rings. The van der Waals surface area contributed by atoms with Gasteiger partial charge in [-0.3, -0.25) is 4.79 Å². The molecule has 0 aromatic rings. The highest BCUT2D eigenvalue weighted by molar-refractivity contribution is 8.00. The summed E-state index contributed by atoms with van der Waals surface area (Å²) < 4.78 is 5.12. The number of amides is 3. The van der Waals surface area contributed by atoms with Crippen molar-refractivity contribution >= 4 is 23.7 Å². The van der Waals surface area contributed by atoms with Crippen LogP contribution in [0.15, 0.2) is 0 Å². The highest BCUT2D eigenvalue weighted by Gasteiger charge is 2.42. The third-order valence-corrected chi connectivity index (χ3v) is 5.61. The number of hydrogen-bond donors (Lipinski definition) is 4.